The van der Waals surface area contributed by atoms with Crippen molar-refractivity contribution in [3.63, 3.8) is 0 Å². The van der Waals surface area contributed by atoms with E-state index in [-0.39, 0.29) is 10.8 Å². The molecule has 3 aromatic rings. The van der Waals surface area contributed by atoms with E-state index in [1.807, 2.05) is 24.3 Å². The maximum absolute atomic E-state index is 11.4. The maximum Gasteiger partial charge on any atom is 0.336 e. The lowest BCUT2D eigenvalue weighted by Crippen LogP contribution is -2.33. The Balaban J connectivity index is 1.71. The Hall–Kier alpha value is -2.81. The number of carbonyl (C=O) groups is 1. The second kappa shape index (κ2) is 6.37. The third kappa shape index (κ3) is 3.15. The molecule has 0 saturated carbocycles. The van der Waals surface area contributed by atoms with E-state index in [4.69, 9.17) is 0 Å². The van der Waals surface area contributed by atoms with E-state index in [2.05, 4.69) is 51.2 Å². The van der Waals surface area contributed by atoms with Crippen LogP contribution in [0.2, 0.25) is 0 Å². The summed E-state index contributed by atoms with van der Waals surface area (Å²) in [4.78, 5) is 11.4. The van der Waals surface area contributed by atoms with Crippen molar-refractivity contribution >= 4 is 28.1 Å². The number of aromatic carboxylic acids is 1. The highest BCUT2D eigenvalue weighted by Crippen LogP contribution is 2.46. The predicted octanol–water partition coefficient (Wildman–Crippen LogP) is 6.63. The van der Waals surface area contributed by atoms with Crippen LogP contribution in [-0.4, -0.2) is 11.1 Å². The van der Waals surface area contributed by atoms with E-state index < -0.39 is 5.97 Å². The summed E-state index contributed by atoms with van der Waals surface area (Å²) >= 11 is 0. The first-order chi connectivity index (χ1) is 13.2. The summed E-state index contributed by atoms with van der Waals surface area (Å²) in [6.45, 7) is 9.32. The molecule has 0 saturated heterocycles. The van der Waals surface area contributed by atoms with Crippen molar-refractivity contribution in [2.75, 3.05) is 5.32 Å². The Kier molecular flexibility index (Phi) is 4.22. The zero-order valence-corrected chi connectivity index (χ0v) is 17.0. The minimum Gasteiger partial charge on any atom is -0.478 e. The first-order valence-electron chi connectivity index (χ1n) is 9.85. The van der Waals surface area contributed by atoms with Crippen molar-refractivity contribution in [3.05, 3.63) is 71.3 Å². The number of carboxylic acids is 1. The maximum atomic E-state index is 11.4. The van der Waals surface area contributed by atoms with Crippen LogP contribution in [0.15, 0.2) is 54.6 Å². The number of anilines is 2. The van der Waals surface area contributed by atoms with Gasteiger partial charge in [0.2, 0.25) is 0 Å². The Morgan fingerprint density at radius 2 is 1.50 bits per heavy atom. The quantitative estimate of drug-likeness (QED) is 0.541. The molecule has 0 atom stereocenters. The van der Waals surface area contributed by atoms with Gasteiger partial charge in [-0.1, -0.05) is 52.0 Å². The van der Waals surface area contributed by atoms with Gasteiger partial charge in [0.05, 0.1) is 5.56 Å². The normalized spacial score (nSPS) is 17.1. The largest absolute Gasteiger partial charge is 0.478 e. The third-order valence-electron chi connectivity index (χ3n) is 6.25. The fourth-order valence-electron chi connectivity index (χ4n) is 4.38. The molecule has 0 spiro atoms. The van der Waals surface area contributed by atoms with Gasteiger partial charge in [-0.2, -0.15) is 0 Å². The standard InChI is InChI=1S/C25H27NO2/c1-24(2)12-13-25(3,4)22-15-18(9-11-21(22)24)26-17-8-10-19-16(14-17)6-5-7-20(19)23(27)28/h5-11,14-15,26H,12-13H2,1-4H3,(H,27,28). The molecular weight excluding hydrogens is 346 g/mol. The molecule has 28 heavy (non-hydrogen) atoms. The minimum absolute atomic E-state index is 0.169. The molecule has 1 aliphatic rings. The van der Waals surface area contributed by atoms with Crippen LogP contribution in [0.25, 0.3) is 10.8 Å². The van der Waals surface area contributed by atoms with Crippen molar-refractivity contribution in [1.29, 1.82) is 0 Å². The van der Waals surface area contributed by atoms with Crippen LogP contribution in [0.1, 0.15) is 62.0 Å². The Morgan fingerprint density at radius 3 is 2.21 bits per heavy atom. The summed E-state index contributed by atoms with van der Waals surface area (Å²) in [7, 11) is 0. The monoisotopic (exact) mass is 373 g/mol. The molecule has 3 heteroatoms. The van der Waals surface area contributed by atoms with Crippen LogP contribution in [0.3, 0.4) is 0 Å². The topological polar surface area (TPSA) is 49.3 Å². The van der Waals surface area contributed by atoms with Crippen LogP contribution in [0, 0.1) is 0 Å². The van der Waals surface area contributed by atoms with Gasteiger partial charge in [-0.3, -0.25) is 0 Å². The van der Waals surface area contributed by atoms with Crippen LogP contribution in [0.5, 0.6) is 0 Å². The van der Waals surface area contributed by atoms with E-state index >= 15 is 0 Å². The highest BCUT2D eigenvalue weighted by molar-refractivity contribution is 6.04. The van der Waals surface area contributed by atoms with Crippen molar-refractivity contribution in [3.8, 4) is 0 Å². The molecular formula is C25H27NO2. The number of benzene rings is 3. The molecule has 3 aromatic carbocycles. The first-order valence-corrected chi connectivity index (χ1v) is 9.85. The van der Waals surface area contributed by atoms with Crippen molar-refractivity contribution in [2.45, 2.75) is 51.4 Å². The second-order valence-corrected chi connectivity index (χ2v) is 9.20. The van der Waals surface area contributed by atoms with Gasteiger partial charge in [-0.25, -0.2) is 4.79 Å². The molecule has 0 bridgehead atoms. The van der Waals surface area contributed by atoms with Gasteiger partial charge < -0.3 is 10.4 Å². The molecule has 1 aliphatic carbocycles. The summed E-state index contributed by atoms with van der Waals surface area (Å²) < 4.78 is 0. The van der Waals surface area contributed by atoms with E-state index in [1.54, 1.807) is 12.1 Å². The Labute approximate surface area is 166 Å². The van der Waals surface area contributed by atoms with Crippen molar-refractivity contribution < 1.29 is 9.90 Å². The molecule has 0 aliphatic heterocycles. The van der Waals surface area contributed by atoms with Crippen molar-refractivity contribution in [2.24, 2.45) is 0 Å². The SMILES string of the molecule is CC1(C)CCC(C)(C)c2cc(Nc3ccc4c(C(=O)O)cccc4c3)ccc21. The zero-order valence-electron chi connectivity index (χ0n) is 17.0. The van der Waals surface area contributed by atoms with Crippen LogP contribution >= 0.6 is 0 Å². The van der Waals surface area contributed by atoms with E-state index in [0.29, 0.717) is 5.56 Å². The van der Waals surface area contributed by atoms with Gasteiger partial charge in [-0.15, -0.1) is 0 Å². The number of hydrogen-bond donors (Lipinski definition) is 2. The third-order valence-corrected chi connectivity index (χ3v) is 6.25. The molecule has 0 amide bonds. The molecule has 0 heterocycles. The van der Waals surface area contributed by atoms with E-state index in [1.165, 1.54) is 24.0 Å². The van der Waals surface area contributed by atoms with E-state index in [9.17, 15) is 9.90 Å². The highest BCUT2D eigenvalue weighted by Gasteiger charge is 2.36. The summed E-state index contributed by atoms with van der Waals surface area (Å²) in [6, 6.07) is 17.9. The van der Waals surface area contributed by atoms with Gasteiger partial charge in [0.15, 0.2) is 0 Å². The Morgan fingerprint density at radius 1 is 0.857 bits per heavy atom. The highest BCUT2D eigenvalue weighted by atomic mass is 16.4. The molecule has 144 valence electrons. The molecule has 0 unspecified atom stereocenters. The van der Waals surface area contributed by atoms with Gasteiger partial charge in [-0.05, 0) is 75.9 Å². The fourth-order valence-corrected chi connectivity index (χ4v) is 4.38. The molecule has 3 nitrogen and oxygen atoms in total. The lowest BCUT2D eigenvalue weighted by molar-refractivity contribution is 0.0699. The van der Waals surface area contributed by atoms with Gasteiger partial charge >= 0.3 is 5.97 Å². The van der Waals surface area contributed by atoms with Gasteiger partial charge in [0.25, 0.3) is 0 Å². The molecule has 2 N–H and O–H groups in total. The molecule has 4 rings (SSSR count). The smallest absolute Gasteiger partial charge is 0.336 e. The van der Waals surface area contributed by atoms with Gasteiger partial charge in [0.1, 0.15) is 0 Å². The summed E-state index contributed by atoms with van der Waals surface area (Å²) in [5.74, 6) is -0.897. The molecule has 0 aromatic heterocycles. The lowest BCUT2D eigenvalue weighted by Gasteiger charge is -2.42. The minimum atomic E-state index is -0.897. The van der Waals surface area contributed by atoms with Crippen molar-refractivity contribution in [1.82, 2.24) is 0 Å². The summed E-state index contributed by atoms with van der Waals surface area (Å²) in [6.07, 6.45) is 2.39. The van der Waals surface area contributed by atoms with Gasteiger partial charge in [0, 0.05) is 11.4 Å². The fraction of sp³-hybridized carbons (Fsp3) is 0.320. The average molecular weight is 373 g/mol. The predicted molar refractivity (Wildman–Crippen MR) is 116 cm³/mol. The first kappa shape index (κ1) is 18.5. The lowest BCUT2D eigenvalue weighted by atomic mass is 9.63. The summed E-state index contributed by atoms with van der Waals surface area (Å²) in [5, 5.41) is 14.6. The Bertz CT molecular complexity index is 1080. The van der Waals surface area contributed by atoms with Crippen LogP contribution in [-0.2, 0) is 10.8 Å². The number of hydrogen-bond acceptors (Lipinski definition) is 2. The number of nitrogens with one attached hydrogen (secondary N) is 1. The van der Waals surface area contributed by atoms with E-state index in [0.717, 1.165) is 22.1 Å². The molecule has 0 fully saturated rings. The molecule has 0 radical (unpaired) electrons. The number of carboxylic acid groups (broad SMARTS) is 1. The zero-order chi connectivity index (χ0) is 20.1. The average Bonchev–Trinajstić information content (AvgIpc) is 2.65. The summed E-state index contributed by atoms with van der Waals surface area (Å²) in [5.41, 5.74) is 5.60. The number of fused-ring (bicyclic) bond motifs is 2. The van der Waals surface area contributed by atoms with Crippen LogP contribution in [0.4, 0.5) is 11.4 Å². The second-order valence-electron chi connectivity index (χ2n) is 9.20. The number of rotatable bonds is 3. The van der Waals surface area contributed by atoms with Crippen LogP contribution < -0.4 is 5.32 Å².